The molecule has 8 nitrogen and oxygen atoms in total. The third kappa shape index (κ3) is 7.25. The monoisotopic (exact) mass is 451 g/mol. The molecule has 1 amide bonds. The predicted molar refractivity (Wildman–Crippen MR) is 124 cm³/mol. The minimum atomic E-state index is -3.37. The summed E-state index contributed by atoms with van der Waals surface area (Å²) in [6.07, 6.45) is 0.842. The molecule has 1 N–H and O–H groups in total. The number of carbonyl (C=O) groups is 1. The summed E-state index contributed by atoms with van der Waals surface area (Å²) in [5, 5.41) is 3.18. The van der Waals surface area contributed by atoms with E-state index in [2.05, 4.69) is 22.2 Å². The summed E-state index contributed by atoms with van der Waals surface area (Å²) in [5.41, 5.74) is 1.65. The standard InChI is InChI=1S/C22H37N5O3S/c1-20-5-3-6-21(19-20)22(28)26(10-4-9-25-15-13-24(2)14-16-25)17-18-31(29,30)27-11-7-23-8-12-27/h3,5-6,19,23H,4,7-18H2,1-2H3. The second-order valence-corrected chi connectivity index (χ2v) is 10.7. The lowest BCUT2D eigenvalue weighted by Gasteiger charge is -2.33. The molecule has 174 valence electrons. The van der Waals surface area contributed by atoms with Crippen molar-refractivity contribution >= 4 is 15.9 Å². The first-order chi connectivity index (χ1) is 14.8. The molecule has 0 spiro atoms. The van der Waals surface area contributed by atoms with E-state index in [1.807, 2.05) is 31.2 Å². The fourth-order valence-corrected chi connectivity index (χ4v) is 5.56. The van der Waals surface area contributed by atoms with Crippen molar-refractivity contribution in [3.05, 3.63) is 35.4 Å². The number of carbonyl (C=O) groups excluding carboxylic acids is 1. The Labute approximate surface area is 187 Å². The normalized spacial score (nSPS) is 19.4. The third-order valence-corrected chi connectivity index (χ3v) is 7.99. The van der Waals surface area contributed by atoms with Crippen LogP contribution in [0.25, 0.3) is 0 Å². The summed E-state index contributed by atoms with van der Waals surface area (Å²) in [6, 6.07) is 7.53. The van der Waals surface area contributed by atoms with Crippen molar-refractivity contribution in [2.24, 2.45) is 0 Å². The fraction of sp³-hybridized carbons (Fsp3) is 0.682. The van der Waals surface area contributed by atoms with Crippen molar-refractivity contribution < 1.29 is 13.2 Å². The van der Waals surface area contributed by atoms with Crippen molar-refractivity contribution in [1.82, 2.24) is 24.3 Å². The van der Waals surface area contributed by atoms with Crippen LogP contribution in [0.3, 0.4) is 0 Å². The molecule has 0 unspecified atom stereocenters. The lowest BCUT2D eigenvalue weighted by Crippen LogP contribution is -2.48. The van der Waals surface area contributed by atoms with E-state index in [-0.39, 0.29) is 18.2 Å². The van der Waals surface area contributed by atoms with Gasteiger partial charge in [0.05, 0.1) is 5.75 Å². The van der Waals surface area contributed by atoms with Crippen molar-refractivity contribution in [3.63, 3.8) is 0 Å². The fourth-order valence-electron chi connectivity index (χ4n) is 4.11. The molecule has 2 saturated heterocycles. The number of benzene rings is 1. The van der Waals surface area contributed by atoms with Gasteiger partial charge in [-0.1, -0.05) is 17.7 Å². The first kappa shape index (κ1) is 24.1. The van der Waals surface area contributed by atoms with Gasteiger partial charge in [-0.3, -0.25) is 4.79 Å². The Morgan fingerprint density at radius 1 is 1.06 bits per heavy atom. The molecule has 1 aromatic carbocycles. The maximum Gasteiger partial charge on any atom is 0.253 e. The lowest BCUT2D eigenvalue weighted by molar-refractivity contribution is 0.0751. The van der Waals surface area contributed by atoms with E-state index in [0.29, 0.717) is 38.3 Å². The van der Waals surface area contributed by atoms with E-state index in [4.69, 9.17) is 0 Å². The van der Waals surface area contributed by atoms with Gasteiger partial charge in [-0.25, -0.2) is 8.42 Å². The second-order valence-electron chi connectivity index (χ2n) is 8.63. The van der Waals surface area contributed by atoms with Crippen molar-refractivity contribution in [3.8, 4) is 0 Å². The topological polar surface area (TPSA) is 76.2 Å². The van der Waals surface area contributed by atoms with Gasteiger partial charge in [0, 0.05) is 71.0 Å². The smallest absolute Gasteiger partial charge is 0.253 e. The van der Waals surface area contributed by atoms with E-state index in [9.17, 15) is 13.2 Å². The number of piperazine rings is 2. The van der Waals surface area contributed by atoms with E-state index in [0.717, 1.165) is 44.7 Å². The highest BCUT2D eigenvalue weighted by atomic mass is 32.2. The SMILES string of the molecule is Cc1cccc(C(=O)N(CCCN2CCN(C)CC2)CCS(=O)(=O)N2CCNCC2)c1. The largest absolute Gasteiger partial charge is 0.338 e. The molecule has 2 fully saturated rings. The number of aryl methyl sites for hydroxylation is 1. The first-order valence-electron chi connectivity index (χ1n) is 11.3. The number of hydrogen-bond acceptors (Lipinski definition) is 6. The number of hydrogen-bond donors (Lipinski definition) is 1. The molecule has 9 heteroatoms. The zero-order valence-electron chi connectivity index (χ0n) is 18.9. The predicted octanol–water partition coefficient (Wildman–Crippen LogP) is 0.310. The minimum Gasteiger partial charge on any atom is -0.338 e. The zero-order chi connectivity index (χ0) is 22.3. The molecule has 0 aromatic heterocycles. The molecule has 0 bridgehead atoms. The quantitative estimate of drug-likeness (QED) is 0.582. The van der Waals surface area contributed by atoms with Crippen LogP contribution in [-0.4, -0.2) is 118 Å². The van der Waals surface area contributed by atoms with Crippen LogP contribution in [0.15, 0.2) is 24.3 Å². The highest BCUT2D eigenvalue weighted by Gasteiger charge is 2.26. The zero-order valence-corrected chi connectivity index (χ0v) is 19.7. The van der Waals surface area contributed by atoms with E-state index in [1.54, 1.807) is 9.21 Å². The molecular formula is C22H37N5O3S. The maximum absolute atomic E-state index is 13.2. The summed E-state index contributed by atoms with van der Waals surface area (Å²) in [7, 11) is -1.23. The van der Waals surface area contributed by atoms with Crippen LogP contribution in [0.2, 0.25) is 0 Å². The van der Waals surface area contributed by atoms with Gasteiger partial charge in [0.15, 0.2) is 0 Å². The highest BCUT2D eigenvalue weighted by molar-refractivity contribution is 7.89. The number of nitrogens with one attached hydrogen (secondary N) is 1. The molecule has 2 heterocycles. The van der Waals surface area contributed by atoms with E-state index in [1.165, 1.54) is 0 Å². The van der Waals surface area contributed by atoms with Gasteiger partial charge in [0.2, 0.25) is 10.0 Å². The van der Waals surface area contributed by atoms with Crippen LogP contribution < -0.4 is 5.32 Å². The maximum atomic E-state index is 13.2. The average molecular weight is 452 g/mol. The minimum absolute atomic E-state index is 0.0287. The first-order valence-corrected chi connectivity index (χ1v) is 12.9. The molecule has 0 aliphatic carbocycles. The van der Waals surface area contributed by atoms with Crippen molar-refractivity contribution in [2.75, 3.05) is 84.8 Å². The highest BCUT2D eigenvalue weighted by Crippen LogP contribution is 2.11. The van der Waals surface area contributed by atoms with Gasteiger partial charge in [0.25, 0.3) is 5.91 Å². The molecule has 1 aromatic rings. The molecule has 2 aliphatic rings. The Kier molecular flexibility index (Phi) is 8.85. The van der Waals surface area contributed by atoms with Crippen LogP contribution in [0.4, 0.5) is 0 Å². The van der Waals surface area contributed by atoms with Crippen molar-refractivity contribution in [1.29, 1.82) is 0 Å². The summed E-state index contributed by atoms with van der Waals surface area (Å²) in [4.78, 5) is 19.7. The van der Waals surface area contributed by atoms with E-state index >= 15 is 0 Å². The van der Waals surface area contributed by atoms with Gasteiger partial charge in [0.1, 0.15) is 0 Å². The molecule has 0 saturated carbocycles. The van der Waals surface area contributed by atoms with Crippen molar-refractivity contribution in [2.45, 2.75) is 13.3 Å². The molecular weight excluding hydrogens is 414 g/mol. The summed E-state index contributed by atoms with van der Waals surface area (Å²) < 4.78 is 27.1. The third-order valence-electron chi connectivity index (χ3n) is 6.14. The van der Waals surface area contributed by atoms with Crippen LogP contribution in [0.1, 0.15) is 22.3 Å². The summed E-state index contributed by atoms with van der Waals surface area (Å²) >= 11 is 0. The van der Waals surface area contributed by atoms with Crippen LogP contribution >= 0.6 is 0 Å². The number of rotatable bonds is 9. The van der Waals surface area contributed by atoms with Gasteiger partial charge in [-0.2, -0.15) is 4.31 Å². The molecule has 0 radical (unpaired) electrons. The Hall–Kier alpha value is -1.52. The Morgan fingerprint density at radius 3 is 2.45 bits per heavy atom. The van der Waals surface area contributed by atoms with Crippen LogP contribution in [-0.2, 0) is 10.0 Å². The van der Waals surface area contributed by atoms with Gasteiger partial charge in [-0.15, -0.1) is 0 Å². The summed E-state index contributed by atoms with van der Waals surface area (Å²) in [6.45, 7) is 10.2. The number of likely N-dealkylation sites (N-methyl/N-ethyl adjacent to an activating group) is 1. The van der Waals surface area contributed by atoms with E-state index < -0.39 is 10.0 Å². The molecule has 3 rings (SSSR count). The van der Waals surface area contributed by atoms with Gasteiger partial charge < -0.3 is 20.0 Å². The second kappa shape index (κ2) is 11.4. The Balaban J connectivity index is 1.61. The lowest BCUT2D eigenvalue weighted by atomic mass is 10.1. The summed E-state index contributed by atoms with van der Waals surface area (Å²) in [5.74, 6) is -0.114. The Morgan fingerprint density at radius 2 is 1.77 bits per heavy atom. The molecule has 2 aliphatic heterocycles. The molecule has 31 heavy (non-hydrogen) atoms. The number of amides is 1. The molecule has 0 atom stereocenters. The van der Waals surface area contributed by atoms with Crippen LogP contribution in [0, 0.1) is 6.92 Å². The van der Waals surface area contributed by atoms with Crippen LogP contribution in [0.5, 0.6) is 0 Å². The Bertz CT molecular complexity index is 818. The number of sulfonamides is 1. The van der Waals surface area contributed by atoms with Gasteiger partial charge in [-0.05, 0) is 39.1 Å². The average Bonchev–Trinajstić information content (AvgIpc) is 2.77. The number of nitrogens with zero attached hydrogens (tertiary/aromatic N) is 4. The van der Waals surface area contributed by atoms with Gasteiger partial charge >= 0.3 is 0 Å².